The lowest BCUT2D eigenvalue weighted by Gasteiger charge is -2.19. The van der Waals surface area contributed by atoms with Gasteiger partial charge in [0.05, 0.1) is 0 Å². The average molecular weight is 197 g/mol. The number of hydrogen-bond donors (Lipinski definition) is 0. The summed E-state index contributed by atoms with van der Waals surface area (Å²) in [5.41, 5.74) is 0. The van der Waals surface area contributed by atoms with Crippen LogP contribution in [0.5, 0.6) is 0 Å². The summed E-state index contributed by atoms with van der Waals surface area (Å²) in [6.45, 7) is 5.70. The molecule has 0 aliphatic carbocycles. The third-order valence-corrected chi connectivity index (χ3v) is 2.81. The average Bonchev–Trinajstić information content (AvgIpc) is 2.54. The summed E-state index contributed by atoms with van der Waals surface area (Å²) >= 11 is 0. The van der Waals surface area contributed by atoms with Crippen molar-refractivity contribution in [3.63, 3.8) is 0 Å². The molecule has 0 aromatic rings. The monoisotopic (exact) mass is 197 g/mol. The van der Waals surface area contributed by atoms with Crippen molar-refractivity contribution in [3.05, 3.63) is 0 Å². The first kappa shape index (κ1) is 11.3. The van der Waals surface area contributed by atoms with E-state index in [1.807, 2.05) is 7.05 Å². The fraction of sp³-hybridized carbons (Fsp3) is 0.909. The zero-order valence-corrected chi connectivity index (χ0v) is 9.79. The van der Waals surface area contributed by atoms with E-state index in [0.717, 1.165) is 13.1 Å². The highest BCUT2D eigenvalue weighted by Gasteiger charge is 2.21. The second kappa shape index (κ2) is 5.89. The number of rotatable bonds is 5. The molecule has 0 N–H and O–H groups in total. The SMILES string of the molecule is CCCCCCN1CCN(C)C1=NC. The molecule has 1 aliphatic rings. The predicted octanol–water partition coefficient (Wildman–Crippen LogP) is 1.80. The Balaban J connectivity index is 2.24. The molecule has 14 heavy (non-hydrogen) atoms. The van der Waals surface area contributed by atoms with Gasteiger partial charge in [-0.25, -0.2) is 0 Å². The van der Waals surface area contributed by atoms with E-state index in [1.165, 1.54) is 38.2 Å². The molecular weight excluding hydrogens is 174 g/mol. The number of nitrogens with zero attached hydrogens (tertiary/aromatic N) is 3. The Morgan fingerprint density at radius 1 is 1.21 bits per heavy atom. The van der Waals surface area contributed by atoms with E-state index in [9.17, 15) is 0 Å². The van der Waals surface area contributed by atoms with Crippen LogP contribution in [0.1, 0.15) is 32.6 Å². The van der Waals surface area contributed by atoms with Crippen molar-refractivity contribution >= 4 is 5.96 Å². The van der Waals surface area contributed by atoms with Gasteiger partial charge in [0.2, 0.25) is 0 Å². The molecule has 1 rings (SSSR count). The molecule has 0 spiro atoms. The first-order valence-corrected chi connectivity index (χ1v) is 5.72. The van der Waals surface area contributed by atoms with Crippen LogP contribution in [0, 0.1) is 0 Å². The summed E-state index contributed by atoms with van der Waals surface area (Å²) in [4.78, 5) is 8.95. The lowest BCUT2D eigenvalue weighted by Crippen LogP contribution is -2.32. The van der Waals surface area contributed by atoms with Crippen molar-refractivity contribution in [3.8, 4) is 0 Å². The van der Waals surface area contributed by atoms with Gasteiger partial charge in [-0.15, -0.1) is 0 Å². The topological polar surface area (TPSA) is 18.8 Å². The minimum atomic E-state index is 1.13. The molecule has 0 atom stereocenters. The lowest BCUT2D eigenvalue weighted by molar-refractivity contribution is 0.437. The molecule has 3 heteroatoms. The van der Waals surface area contributed by atoms with Crippen molar-refractivity contribution in [1.82, 2.24) is 9.80 Å². The van der Waals surface area contributed by atoms with Gasteiger partial charge in [-0.3, -0.25) is 4.99 Å². The summed E-state index contributed by atoms with van der Waals surface area (Å²) in [6.07, 6.45) is 5.34. The van der Waals surface area contributed by atoms with E-state index < -0.39 is 0 Å². The van der Waals surface area contributed by atoms with Gasteiger partial charge in [-0.2, -0.15) is 0 Å². The normalized spacial score (nSPS) is 19.8. The Bertz CT molecular complexity index is 189. The first-order chi connectivity index (χ1) is 6.79. The van der Waals surface area contributed by atoms with Gasteiger partial charge in [0.1, 0.15) is 0 Å². The molecule has 0 radical (unpaired) electrons. The Labute approximate surface area is 87.8 Å². The molecule has 0 aromatic carbocycles. The third kappa shape index (κ3) is 2.89. The van der Waals surface area contributed by atoms with Crippen LogP contribution in [-0.4, -0.2) is 49.5 Å². The molecule has 0 saturated carbocycles. The molecular formula is C11H23N3. The number of likely N-dealkylation sites (N-methyl/N-ethyl adjacent to an activating group) is 1. The van der Waals surface area contributed by atoms with Gasteiger partial charge in [0, 0.05) is 33.7 Å². The van der Waals surface area contributed by atoms with Gasteiger partial charge in [-0.1, -0.05) is 26.2 Å². The Morgan fingerprint density at radius 3 is 2.64 bits per heavy atom. The number of aliphatic imine (C=N–C) groups is 1. The van der Waals surface area contributed by atoms with Crippen molar-refractivity contribution in [2.45, 2.75) is 32.6 Å². The number of unbranched alkanes of at least 4 members (excludes halogenated alkanes) is 3. The zero-order chi connectivity index (χ0) is 10.4. The highest BCUT2D eigenvalue weighted by molar-refractivity contribution is 5.81. The summed E-state index contributed by atoms with van der Waals surface area (Å²) in [7, 11) is 4.00. The van der Waals surface area contributed by atoms with E-state index in [-0.39, 0.29) is 0 Å². The molecule has 1 aliphatic heterocycles. The van der Waals surface area contributed by atoms with Crippen LogP contribution in [-0.2, 0) is 0 Å². The van der Waals surface area contributed by atoms with Crippen molar-refractivity contribution < 1.29 is 0 Å². The molecule has 0 unspecified atom stereocenters. The van der Waals surface area contributed by atoms with E-state index >= 15 is 0 Å². The first-order valence-electron chi connectivity index (χ1n) is 5.72. The molecule has 0 bridgehead atoms. The van der Waals surface area contributed by atoms with Gasteiger partial charge in [0.25, 0.3) is 0 Å². The fourth-order valence-corrected chi connectivity index (χ4v) is 1.97. The summed E-state index contributed by atoms with van der Waals surface area (Å²) in [5.74, 6) is 1.17. The van der Waals surface area contributed by atoms with Crippen LogP contribution in [0.25, 0.3) is 0 Å². The maximum atomic E-state index is 4.32. The molecule has 82 valence electrons. The van der Waals surface area contributed by atoms with Crippen LogP contribution in [0.4, 0.5) is 0 Å². The highest BCUT2D eigenvalue weighted by atomic mass is 15.4. The van der Waals surface area contributed by atoms with Crippen LogP contribution < -0.4 is 0 Å². The molecule has 0 aromatic heterocycles. The summed E-state index contributed by atoms with van der Waals surface area (Å²) in [6, 6.07) is 0. The van der Waals surface area contributed by atoms with Gasteiger partial charge < -0.3 is 9.80 Å². The molecule has 1 fully saturated rings. The Hall–Kier alpha value is -0.730. The summed E-state index contributed by atoms with van der Waals surface area (Å²) in [5, 5.41) is 0. The van der Waals surface area contributed by atoms with Crippen LogP contribution >= 0.6 is 0 Å². The fourth-order valence-electron chi connectivity index (χ4n) is 1.97. The minimum Gasteiger partial charge on any atom is -0.344 e. The maximum Gasteiger partial charge on any atom is 0.196 e. The second-order valence-electron chi connectivity index (χ2n) is 3.99. The van der Waals surface area contributed by atoms with Crippen molar-refractivity contribution in [1.29, 1.82) is 0 Å². The number of hydrogen-bond acceptors (Lipinski definition) is 1. The van der Waals surface area contributed by atoms with Gasteiger partial charge >= 0.3 is 0 Å². The largest absolute Gasteiger partial charge is 0.344 e. The molecule has 0 amide bonds. The van der Waals surface area contributed by atoms with Crippen LogP contribution in [0.2, 0.25) is 0 Å². The summed E-state index contributed by atoms with van der Waals surface area (Å²) < 4.78 is 0. The Kier molecular flexibility index (Phi) is 4.77. The van der Waals surface area contributed by atoms with E-state index in [2.05, 4.69) is 28.8 Å². The van der Waals surface area contributed by atoms with Crippen LogP contribution in [0.15, 0.2) is 4.99 Å². The van der Waals surface area contributed by atoms with Crippen molar-refractivity contribution in [2.24, 2.45) is 4.99 Å². The van der Waals surface area contributed by atoms with Gasteiger partial charge in [-0.05, 0) is 6.42 Å². The standard InChI is InChI=1S/C11H23N3/c1-4-5-6-7-8-14-10-9-13(3)11(14)12-2/h4-10H2,1-3H3. The number of guanidine groups is 1. The van der Waals surface area contributed by atoms with E-state index in [1.54, 1.807) is 0 Å². The zero-order valence-electron chi connectivity index (χ0n) is 9.79. The van der Waals surface area contributed by atoms with E-state index in [4.69, 9.17) is 0 Å². The molecule has 1 heterocycles. The lowest BCUT2D eigenvalue weighted by atomic mass is 10.2. The quantitative estimate of drug-likeness (QED) is 0.626. The van der Waals surface area contributed by atoms with E-state index in [0.29, 0.717) is 0 Å². The third-order valence-electron chi connectivity index (χ3n) is 2.81. The second-order valence-corrected chi connectivity index (χ2v) is 3.99. The smallest absolute Gasteiger partial charge is 0.196 e. The van der Waals surface area contributed by atoms with Crippen LogP contribution in [0.3, 0.4) is 0 Å². The highest BCUT2D eigenvalue weighted by Crippen LogP contribution is 2.08. The maximum absolute atomic E-state index is 4.32. The van der Waals surface area contributed by atoms with Crippen molar-refractivity contribution in [2.75, 3.05) is 33.7 Å². The minimum absolute atomic E-state index is 1.13. The molecule has 1 saturated heterocycles. The predicted molar refractivity (Wildman–Crippen MR) is 61.7 cm³/mol. The molecule has 3 nitrogen and oxygen atoms in total. The van der Waals surface area contributed by atoms with Gasteiger partial charge in [0.15, 0.2) is 5.96 Å². The Morgan fingerprint density at radius 2 is 2.00 bits per heavy atom.